The first-order chi connectivity index (χ1) is 22.0. The third kappa shape index (κ3) is 5.12. The molecular weight excluding hydrogens is 554 g/mol. The van der Waals surface area contributed by atoms with Gasteiger partial charge in [-0.1, -0.05) is 103 Å². The lowest BCUT2D eigenvalue weighted by Gasteiger charge is -2.09. The smallest absolute Gasteiger partial charge is 0.164 e. The summed E-state index contributed by atoms with van der Waals surface area (Å²) in [5.74, 6) is 1.77. The highest BCUT2D eigenvalue weighted by Gasteiger charge is 2.19. The molecule has 0 atom stereocenters. The van der Waals surface area contributed by atoms with E-state index in [-0.39, 0.29) is 5.71 Å². The fraction of sp³-hybridized carbons (Fsp3) is 0.0513. The Morgan fingerprint density at radius 3 is 2.11 bits per heavy atom. The number of para-hydroxylation sites is 1. The summed E-state index contributed by atoms with van der Waals surface area (Å²) in [6, 6.07) is 35.5. The van der Waals surface area contributed by atoms with Crippen LogP contribution in [-0.4, -0.2) is 26.4 Å². The number of furan rings is 1. The van der Waals surface area contributed by atoms with Gasteiger partial charge in [0.25, 0.3) is 0 Å². The summed E-state index contributed by atoms with van der Waals surface area (Å²) in [6.45, 7) is 3.97. The second kappa shape index (κ2) is 11.6. The number of aromatic nitrogens is 3. The van der Waals surface area contributed by atoms with Crippen molar-refractivity contribution in [2.45, 2.75) is 13.8 Å². The van der Waals surface area contributed by atoms with Crippen molar-refractivity contribution in [3.63, 3.8) is 0 Å². The molecule has 0 bridgehead atoms. The van der Waals surface area contributed by atoms with E-state index in [2.05, 4.69) is 0 Å². The van der Waals surface area contributed by atoms with Gasteiger partial charge in [-0.05, 0) is 54.5 Å². The monoisotopic (exact) mass is 583 g/mol. The Balaban J connectivity index is 1.32. The number of hydrogen-bond acceptors (Lipinski definition) is 6. The zero-order chi connectivity index (χ0) is 30.9. The van der Waals surface area contributed by atoms with Crippen LogP contribution in [0, 0.1) is 10.8 Å². The summed E-state index contributed by atoms with van der Waals surface area (Å²) in [4.78, 5) is 14.6. The van der Waals surface area contributed by atoms with Gasteiger partial charge < -0.3 is 15.2 Å². The van der Waals surface area contributed by atoms with Gasteiger partial charge in [-0.3, -0.25) is 0 Å². The highest BCUT2D eigenvalue weighted by molar-refractivity contribution is 6.22. The van der Waals surface area contributed by atoms with E-state index in [9.17, 15) is 0 Å². The molecule has 2 N–H and O–H groups in total. The average Bonchev–Trinajstić information content (AvgIpc) is 3.49. The Morgan fingerprint density at radius 1 is 0.644 bits per heavy atom. The Hall–Kier alpha value is -6.01. The summed E-state index contributed by atoms with van der Waals surface area (Å²) in [5.41, 5.74) is 6.04. The summed E-state index contributed by atoms with van der Waals surface area (Å²) in [7, 11) is 0. The molecule has 6 heteroatoms. The van der Waals surface area contributed by atoms with E-state index in [0.29, 0.717) is 39.9 Å². The minimum atomic E-state index is 0.253. The molecule has 5 aromatic carbocycles. The molecule has 45 heavy (non-hydrogen) atoms. The summed E-state index contributed by atoms with van der Waals surface area (Å²) in [6.07, 6.45) is 5.34. The number of hydrogen-bond donors (Lipinski definition) is 2. The molecule has 0 saturated heterocycles. The SMILES string of the molecule is C/C=C(\C)c1nc(-c2ccccc2)nc(-c2cccc3oc4c(C(=N)/C=C\C(=N)c5cccc6ccccc56)cccc4c23)n1. The zero-order valence-corrected chi connectivity index (χ0v) is 24.9. The fourth-order valence-electron chi connectivity index (χ4n) is 5.57. The third-order valence-electron chi connectivity index (χ3n) is 8.00. The van der Waals surface area contributed by atoms with Crippen LogP contribution in [0.2, 0.25) is 0 Å². The first-order valence-electron chi connectivity index (χ1n) is 14.7. The van der Waals surface area contributed by atoms with Gasteiger partial charge in [-0.15, -0.1) is 0 Å². The van der Waals surface area contributed by atoms with Crippen LogP contribution in [0.4, 0.5) is 0 Å². The van der Waals surface area contributed by atoms with Crippen molar-refractivity contribution in [1.29, 1.82) is 10.8 Å². The van der Waals surface area contributed by atoms with Crippen molar-refractivity contribution in [3.8, 4) is 22.8 Å². The van der Waals surface area contributed by atoms with E-state index >= 15 is 0 Å². The molecule has 0 aliphatic carbocycles. The second-order valence-corrected chi connectivity index (χ2v) is 10.8. The molecule has 7 aromatic rings. The van der Waals surface area contributed by atoms with Crippen molar-refractivity contribution in [1.82, 2.24) is 15.0 Å². The van der Waals surface area contributed by atoms with E-state index in [1.165, 1.54) is 0 Å². The van der Waals surface area contributed by atoms with Crippen LogP contribution < -0.4 is 0 Å². The van der Waals surface area contributed by atoms with Crippen LogP contribution in [0.25, 0.3) is 61.1 Å². The molecule has 0 unspecified atom stereocenters. The Kier molecular flexibility index (Phi) is 7.16. The van der Waals surface area contributed by atoms with Gasteiger partial charge in [-0.25, -0.2) is 15.0 Å². The Labute approximate surface area is 260 Å². The lowest BCUT2D eigenvalue weighted by atomic mass is 9.99. The standard InChI is InChI=1S/C39H29N5O/c1-3-24(2)37-42-38(26-13-5-4-6-14-26)44-39(43-37)31-20-11-21-34-35(31)30-19-10-18-29(36(30)45-34)33(41)23-22-32(40)28-17-9-15-25-12-7-8-16-27(25)28/h3-23,40-41H,1-2H3/b23-22-,24-3+,40-32?,41-33?. The third-order valence-corrected chi connectivity index (χ3v) is 8.00. The van der Waals surface area contributed by atoms with E-state index in [1.807, 2.05) is 129 Å². The van der Waals surface area contributed by atoms with Crippen LogP contribution in [0.1, 0.15) is 30.8 Å². The van der Waals surface area contributed by atoms with Gasteiger partial charge >= 0.3 is 0 Å². The fourth-order valence-corrected chi connectivity index (χ4v) is 5.57. The molecule has 0 amide bonds. The van der Waals surface area contributed by atoms with Crippen molar-refractivity contribution >= 4 is 49.7 Å². The number of nitrogens with zero attached hydrogens (tertiary/aromatic N) is 3. The zero-order valence-electron chi connectivity index (χ0n) is 24.9. The summed E-state index contributed by atoms with van der Waals surface area (Å²) in [5, 5.41) is 21.5. The topological polar surface area (TPSA) is 99.5 Å². The molecule has 7 rings (SSSR count). The maximum atomic E-state index is 8.96. The lowest BCUT2D eigenvalue weighted by molar-refractivity contribution is 0.668. The molecular formula is C39H29N5O. The molecule has 0 radical (unpaired) electrons. The molecule has 0 aliphatic heterocycles. The highest BCUT2D eigenvalue weighted by Crippen LogP contribution is 2.37. The lowest BCUT2D eigenvalue weighted by Crippen LogP contribution is -2.02. The molecule has 0 aliphatic rings. The van der Waals surface area contributed by atoms with Crippen LogP contribution in [0.3, 0.4) is 0 Å². The molecule has 6 nitrogen and oxygen atoms in total. The summed E-state index contributed by atoms with van der Waals surface area (Å²) < 4.78 is 6.42. The molecule has 2 aromatic heterocycles. The first kappa shape index (κ1) is 27.8. The minimum absolute atomic E-state index is 0.253. The quantitative estimate of drug-likeness (QED) is 0.182. The maximum absolute atomic E-state index is 8.96. The van der Waals surface area contributed by atoms with Crippen LogP contribution in [-0.2, 0) is 0 Å². The van der Waals surface area contributed by atoms with Gasteiger partial charge in [0.15, 0.2) is 17.5 Å². The molecule has 0 spiro atoms. The van der Waals surface area contributed by atoms with Crippen LogP contribution in [0.5, 0.6) is 0 Å². The van der Waals surface area contributed by atoms with Crippen molar-refractivity contribution in [2.24, 2.45) is 0 Å². The van der Waals surface area contributed by atoms with Crippen molar-refractivity contribution < 1.29 is 4.42 Å². The molecule has 0 saturated carbocycles. The Bertz CT molecular complexity index is 2320. The van der Waals surface area contributed by atoms with E-state index in [1.54, 1.807) is 12.2 Å². The maximum Gasteiger partial charge on any atom is 0.164 e. The minimum Gasteiger partial charge on any atom is -0.455 e. The van der Waals surface area contributed by atoms with Gasteiger partial charge in [0.2, 0.25) is 0 Å². The average molecular weight is 584 g/mol. The van der Waals surface area contributed by atoms with Crippen molar-refractivity contribution in [2.75, 3.05) is 0 Å². The van der Waals surface area contributed by atoms with E-state index < -0.39 is 0 Å². The van der Waals surface area contributed by atoms with E-state index in [4.69, 9.17) is 30.2 Å². The first-order valence-corrected chi connectivity index (χ1v) is 14.7. The number of nitrogens with one attached hydrogen (secondary N) is 2. The van der Waals surface area contributed by atoms with Gasteiger partial charge in [0.05, 0.1) is 11.4 Å². The summed E-state index contributed by atoms with van der Waals surface area (Å²) >= 11 is 0. The number of fused-ring (bicyclic) bond motifs is 4. The predicted molar refractivity (Wildman–Crippen MR) is 184 cm³/mol. The van der Waals surface area contributed by atoms with Crippen LogP contribution in [0.15, 0.2) is 132 Å². The Morgan fingerprint density at radius 2 is 1.29 bits per heavy atom. The van der Waals surface area contributed by atoms with Gasteiger partial charge in [0.1, 0.15) is 11.2 Å². The van der Waals surface area contributed by atoms with Gasteiger partial charge in [-0.2, -0.15) is 0 Å². The molecule has 0 fully saturated rings. The largest absolute Gasteiger partial charge is 0.455 e. The van der Waals surface area contributed by atoms with E-state index in [0.717, 1.165) is 43.8 Å². The van der Waals surface area contributed by atoms with Crippen molar-refractivity contribution in [3.05, 3.63) is 144 Å². The normalized spacial score (nSPS) is 12.0. The number of benzene rings is 5. The molecule has 216 valence electrons. The predicted octanol–water partition coefficient (Wildman–Crippen LogP) is 9.67. The molecule has 2 heterocycles. The second-order valence-electron chi connectivity index (χ2n) is 10.8. The van der Waals surface area contributed by atoms with Gasteiger partial charge in [0, 0.05) is 33.0 Å². The highest BCUT2D eigenvalue weighted by atomic mass is 16.3. The number of rotatable bonds is 7. The number of allylic oxidation sites excluding steroid dienone is 4. The van der Waals surface area contributed by atoms with Crippen LogP contribution >= 0.6 is 0 Å².